The maximum absolute atomic E-state index is 12.3. The van der Waals surface area contributed by atoms with E-state index in [0.717, 1.165) is 30.5 Å². The van der Waals surface area contributed by atoms with E-state index in [2.05, 4.69) is 36.2 Å². The van der Waals surface area contributed by atoms with Crippen LogP contribution in [0, 0.1) is 17.8 Å². The first kappa shape index (κ1) is 19.9. The van der Waals surface area contributed by atoms with Crippen LogP contribution in [0.1, 0.15) is 38.7 Å². The van der Waals surface area contributed by atoms with Gasteiger partial charge in [-0.25, -0.2) is 0 Å². The van der Waals surface area contributed by atoms with Crippen molar-refractivity contribution in [3.05, 3.63) is 29.8 Å². The van der Waals surface area contributed by atoms with Gasteiger partial charge in [0.05, 0.1) is 5.92 Å². The van der Waals surface area contributed by atoms with Crippen molar-refractivity contribution < 1.29 is 9.59 Å². The lowest BCUT2D eigenvalue weighted by atomic mass is 9.83. The molecule has 2 aliphatic heterocycles. The van der Waals surface area contributed by atoms with Crippen LogP contribution in [0.5, 0.6) is 0 Å². The molecule has 2 heterocycles. The summed E-state index contributed by atoms with van der Waals surface area (Å²) in [4.78, 5) is 28.1. The number of hydrogen-bond acceptors (Lipinski definition) is 3. The van der Waals surface area contributed by atoms with Crippen molar-refractivity contribution >= 4 is 17.5 Å². The number of nitrogens with zero attached hydrogens (tertiary/aromatic N) is 2. The van der Waals surface area contributed by atoms with Crippen molar-refractivity contribution in [2.45, 2.75) is 39.5 Å². The van der Waals surface area contributed by atoms with Crippen LogP contribution in [0.25, 0.3) is 0 Å². The van der Waals surface area contributed by atoms with Crippen molar-refractivity contribution in [1.82, 2.24) is 9.80 Å². The Morgan fingerprint density at radius 2 is 1.96 bits per heavy atom. The van der Waals surface area contributed by atoms with E-state index in [1.807, 2.05) is 12.1 Å². The molecule has 27 heavy (non-hydrogen) atoms. The molecule has 148 valence electrons. The molecule has 0 bridgehead atoms. The van der Waals surface area contributed by atoms with Crippen molar-refractivity contribution in [3.63, 3.8) is 0 Å². The predicted molar refractivity (Wildman–Crippen MR) is 109 cm³/mol. The van der Waals surface area contributed by atoms with Gasteiger partial charge in [0.15, 0.2) is 0 Å². The van der Waals surface area contributed by atoms with Gasteiger partial charge < -0.3 is 15.1 Å². The topological polar surface area (TPSA) is 52.7 Å². The highest BCUT2D eigenvalue weighted by atomic mass is 16.2. The number of rotatable bonds is 6. The third kappa shape index (κ3) is 5.10. The third-order valence-electron chi connectivity index (χ3n) is 6.35. The van der Waals surface area contributed by atoms with Gasteiger partial charge in [0, 0.05) is 32.2 Å². The molecule has 1 aromatic carbocycles. The summed E-state index contributed by atoms with van der Waals surface area (Å²) in [7, 11) is 1.75. The Bertz CT molecular complexity index is 658. The minimum Gasteiger partial charge on any atom is -0.345 e. The van der Waals surface area contributed by atoms with Gasteiger partial charge in [-0.1, -0.05) is 26.0 Å². The Morgan fingerprint density at radius 1 is 1.22 bits per heavy atom. The molecule has 3 rings (SSSR count). The first-order chi connectivity index (χ1) is 13.0. The number of hydrogen-bond donors (Lipinski definition) is 1. The zero-order chi connectivity index (χ0) is 19.4. The first-order valence-electron chi connectivity index (χ1n) is 10.3. The van der Waals surface area contributed by atoms with Crippen LogP contribution < -0.4 is 5.32 Å². The highest BCUT2D eigenvalue weighted by molar-refractivity contribution is 5.97. The fraction of sp³-hybridized carbons (Fsp3) is 0.636. The first-order valence-corrected chi connectivity index (χ1v) is 10.3. The summed E-state index contributed by atoms with van der Waals surface area (Å²) in [6.07, 6.45) is 3.95. The van der Waals surface area contributed by atoms with Crippen LogP contribution in [0.15, 0.2) is 24.3 Å². The van der Waals surface area contributed by atoms with Gasteiger partial charge in [-0.3, -0.25) is 9.59 Å². The van der Waals surface area contributed by atoms with Crippen LogP contribution >= 0.6 is 0 Å². The van der Waals surface area contributed by atoms with E-state index in [4.69, 9.17) is 0 Å². The van der Waals surface area contributed by atoms with Gasteiger partial charge in [-0.05, 0) is 61.9 Å². The number of piperidine rings is 1. The van der Waals surface area contributed by atoms with Gasteiger partial charge in [0.1, 0.15) is 0 Å². The summed E-state index contributed by atoms with van der Waals surface area (Å²) < 4.78 is 0. The van der Waals surface area contributed by atoms with Crippen molar-refractivity contribution in [1.29, 1.82) is 0 Å². The Balaban J connectivity index is 1.46. The van der Waals surface area contributed by atoms with Gasteiger partial charge in [0.25, 0.3) is 0 Å². The number of carbonyl (C=O) groups excluding carboxylic acids is 2. The van der Waals surface area contributed by atoms with Crippen LogP contribution in [0.2, 0.25) is 0 Å². The van der Waals surface area contributed by atoms with Gasteiger partial charge in [-0.15, -0.1) is 0 Å². The highest BCUT2D eigenvalue weighted by Gasteiger charge is 2.32. The SMILES string of the molecule is CCN1CC[C@H](CCc2ccc(NC(=O)[C@H]3CC(=O)N(C)C3)cc2)[C@@H](C)C1. The van der Waals surface area contributed by atoms with E-state index in [1.54, 1.807) is 11.9 Å². The van der Waals surface area contributed by atoms with Gasteiger partial charge in [-0.2, -0.15) is 0 Å². The summed E-state index contributed by atoms with van der Waals surface area (Å²) in [5.74, 6) is 1.33. The average molecular weight is 372 g/mol. The summed E-state index contributed by atoms with van der Waals surface area (Å²) in [6.45, 7) is 8.76. The van der Waals surface area contributed by atoms with Crippen molar-refractivity contribution in [2.75, 3.05) is 38.5 Å². The standard InChI is InChI=1S/C22H33N3O2/c1-4-25-12-11-18(16(2)14-25)8-5-17-6-9-20(10-7-17)23-22(27)19-13-21(26)24(3)15-19/h6-7,9-10,16,18-19H,4-5,8,11-15H2,1-3H3,(H,23,27)/t16-,18-,19-/m0/s1. The molecule has 5 heteroatoms. The third-order valence-corrected chi connectivity index (χ3v) is 6.35. The van der Waals surface area contributed by atoms with E-state index in [9.17, 15) is 9.59 Å². The minimum absolute atomic E-state index is 0.0458. The van der Waals surface area contributed by atoms with Crippen LogP contribution in [0.4, 0.5) is 5.69 Å². The molecule has 0 saturated carbocycles. The fourth-order valence-corrected chi connectivity index (χ4v) is 4.39. The molecule has 3 atom stereocenters. The second-order valence-corrected chi connectivity index (χ2v) is 8.32. The van der Waals surface area contributed by atoms with Crippen LogP contribution in [-0.2, 0) is 16.0 Å². The lowest BCUT2D eigenvalue weighted by molar-refractivity contribution is -0.127. The van der Waals surface area contributed by atoms with E-state index >= 15 is 0 Å². The molecular formula is C22H33N3O2. The smallest absolute Gasteiger partial charge is 0.229 e. The molecule has 0 radical (unpaired) electrons. The summed E-state index contributed by atoms with van der Waals surface area (Å²) in [5, 5.41) is 2.95. The molecule has 2 amide bonds. The second-order valence-electron chi connectivity index (χ2n) is 8.32. The Kier molecular flexibility index (Phi) is 6.53. The zero-order valence-electron chi connectivity index (χ0n) is 16.9. The molecule has 0 aliphatic carbocycles. The number of amides is 2. The fourth-order valence-electron chi connectivity index (χ4n) is 4.39. The maximum atomic E-state index is 12.3. The van der Waals surface area contributed by atoms with E-state index in [-0.39, 0.29) is 17.7 Å². The number of likely N-dealkylation sites (tertiary alicyclic amines) is 2. The monoisotopic (exact) mass is 371 g/mol. The van der Waals surface area contributed by atoms with E-state index < -0.39 is 0 Å². The lowest BCUT2D eigenvalue weighted by Crippen LogP contribution is -2.39. The van der Waals surface area contributed by atoms with Crippen LogP contribution in [-0.4, -0.2) is 54.8 Å². The molecule has 5 nitrogen and oxygen atoms in total. The molecule has 2 saturated heterocycles. The molecule has 1 aromatic rings. The predicted octanol–water partition coefficient (Wildman–Crippen LogP) is 3.01. The number of nitrogens with one attached hydrogen (secondary N) is 1. The molecule has 0 aromatic heterocycles. The Morgan fingerprint density at radius 3 is 2.56 bits per heavy atom. The molecule has 2 aliphatic rings. The molecular weight excluding hydrogens is 338 g/mol. The van der Waals surface area contributed by atoms with Crippen LogP contribution in [0.3, 0.4) is 0 Å². The average Bonchev–Trinajstić information content (AvgIpc) is 3.01. The quantitative estimate of drug-likeness (QED) is 0.836. The Labute approximate surface area is 163 Å². The lowest BCUT2D eigenvalue weighted by Gasteiger charge is -2.36. The Hall–Kier alpha value is -1.88. The van der Waals surface area contributed by atoms with E-state index in [0.29, 0.717) is 13.0 Å². The molecule has 0 unspecified atom stereocenters. The number of aryl methyl sites for hydroxylation is 1. The molecule has 2 fully saturated rings. The van der Waals surface area contributed by atoms with Gasteiger partial charge >= 0.3 is 0 Å². The minimum atomic E-state index is -0.238. The number of anilines is 1. The second kappa shape index (κ2) is 8.87. The molecule has 0 spiro atoms. The molecule has 1 N–H and O–H groups in total. The summed E-state index contributed by atoms with van der Waals surface area (Å²) in [5.41, 5.74) is 2.14. The van der Waals surface area contributed by atoms with Gasteiger partial charge in [0.2, 0.25) is 11.8 Å². The number of benzene rings is 1. The summed E-state index contributed by atoms with van der Waals surface area (Å²) in [6, 6.07) is 8.20. The number of carbonyl (C=O) groups is 2. The highest BCUT2D eigenvalue weighted by Crippen LogP contribution is 2.27. The van der Waals surface area contributed by atoms with Crippen molar-refractivity contribution in [2.24, 2.45) is 17.8 Å². The summed E-state index contributed by atoms with van der Waals surface area (Å²) >= 11 is 0. The van der Waals surface area contributed by atoms with Crippen molar-refractivity contribution in [3.8, 4) is 0 Å². The zero-order valence-corrected chi connectivity index (χ0v) is 16.9. The maximum Gasteiger partial charge on any atom is 0.229 e. The largest absolute Gasteiger partial charge is 0.345 e. The normalized spacial score (nSPS) is 26.4. The van der Waals surface area contributed by atoms with E-state index in [1.165, 1.54) is 31.5 Å².